The Labute approximate surface area is 219 Å². The first kappa shape index (κ1) is 28.4. The van der Waals surface area contributed by atoms with Gasteiger partial charge in [-0.2, -0.15) is 0 Å². The SMILES string of the molecule is CC(C)CNC(=O)C(C)N(Cc1ccc(Cl)cc1Cl)C(=O)CN(c1ccc(Br)cc1)S(C)(=O)=O. The zero-order valence-corrected chi connectivity index (χ0v) is 23.3. The summed E-state index contributed by atoms with van der Waals surface area (Å²) < 4.78 is 26.8. The van der Waals surface area contributed by atoms with Crippen LogP contribution in [-0.2, 0) is 26.2 Å². The lowest BCUT2D eigenvalue weighted by Crippen LogP contribution is -2.51. The summed E-state index contributed by atoms with van der Waals surface area (Å²) in [5.74, 6) is -0.669. The Morgan fingerprint density at radius 2 is 1.68 bits per heavy atom. The first-order chi connectivity index (χ1) is 15.8. The molecule has 1 atom stereocenters. The minimum Gasteiger partial charge on any atom is -0.354 e. The minimum atomic E-state index is -3.79. The molecule has 11 heteroatoms. The standard InChI is InChI=1S/C23H28BrCl2N3O4S/c1-15(2)12-27-23(31)16(3)28(13-17-5-8-19(25)11-21(17)26)22(30)14-29(34(4,32)33)20-9-6-18(24)7-10-20/h5-11,15-16H,12-14H2,1-4H3,(H,27,31). The van der Waals surface area contributed by atoms with Crippen molar-refractivity contribution in [2.75, 3.05) is 23.7 Å². The van der Waals surface area contributed by atoms with Gasteiger partial charge in [0.25, 0.3) is 0 Å². The maximum Gasteiger partial charge on any atom is 0.244 e. The van der Waals surface area contributed by atoms with Gasteiger partial charge < -0.3 is 10.2 Å². The van der Waals surface area contributed by atoms with E-state index in [0.29, 0.717) is 27.8 Å². The lowest BCUT2D eigenvalue weighted by atomic mass is 10.1. The van der Waals surface area contributed by atoms with Gasteiger partial charge in [0.05, 0.1) is 11.9 Å². The molecule has 0 aliphatic rings. The van der Waals surface area contributed by atoms with Crippen LogP contribution in [0, 0.1) is 5.92 Å². The molecule has 2 aromatic rings. The van der Waals surface area contributed by atoms with E-state index in [1.165, 1.54) is 4.90 Å². The van der Waals surface area contributed by atoms with Crippen LogP contribution in [0.3, 0.4) is 0 Å². The van der Waals surface area contributed by atoms with Gasteiger partial charge in [-0.15, -0.1) is 0 Å². The molecule has 7 nitrogen and oxygen atoms in total. The molecule has 2 amide bonds. The fraction of sp³-hybridized carbons (Fsp3) is 0.391. The maximum atomic E-state index is 13.5. The lowest BCUT2D eigenvalue weighted by molar-refractivity contribution is -0.139. The largest absolute Gasteiger partial charge is 0.354 e. The highest BCUT2D eigenvalue weighted by molar-refractivity contribution is 9.10. The van der Waals surface area contributed by atoms with E-state index >= 15 is 0 Å². The summed E-state index contributed by atoms with van der Waals surface area (Å²) in [6.07, 6.45) is 1.03. The first-order valence-electron chi connectivity index (χ1n) is 10.5. The third-order valence-electron chi connectivity index (χ3n) is 5.00. The van der Waals surface area contributed by atoms with E-state index in [1.54, 1.807) is 49.4 Å². The van der Waals surface area contributed by atoms with E-state index in [-0.39, 0.29) is 18.4 Å². The molecule has 0 aromatic heterocycles. The van der Waals surface area contributed by atoms with Gasteiger partial charge >= 0.3 is 0 Å². The van der Waals surface area contributed by atoms with Gasteiger partial charge in [0.1, 0.15) is 12.6 Å². The summed E-state index contributed by atoms with van der Waals surface area (Å²) in [5.41, 5.74) is 0.915. The van der Waals surface area contributed by atoms with Crippen molar-refractivity contribution in [2.24, 2.45) is 5.92 Å². The molecule has 1 unspecified atom stereocenters. The molecule has 0 aliphatic heterocycles. The van der Waals surface area contributed by atoms with Crippen LogP contribution in [0.5, 0.6) is 0 Å². The topological polar surface area (TPSA) is 86.8 Å². The van der Waals surface area contributed by atoms with Gasteiger partial charge in [0.15, 0.2) is 0 Å². The van der Waals surface area contributed by atoms with Crippen molar-refractivity contribution in [3.05, 3.63) is 62.5 Å². The van der Waals surface area contributed by atoms with Crippen LogP contribution < -0.4 is 9.62 Å². The Bertz CT molecular complexity index is 1130. The molecule has 0 spiro atoms. The van der Waals surface area contributed by atoms with E-state index in [0.717, 1.165) is 15.0 Å². The monoisotopic (exact) mass is 591 g/mol. The second-order valence-corrected chi connectivity index (χ2v) is 12.0. The number of benzene rings is 2. The summed E-state index contributed by atoms with van der Waals surface area (Å²) in [5, 5.41) is 3.60. The number of rotatable bonds is 10. The Morgan fingerprint density at radius 1 is 1.06 bits per heavy atom. The molecule has 2 aromatic carbocycles. The number of nitrogens with one attached hydrogen (secondary N) is 1. The van der Waals surface area contributed by atoms with E-state index in [1.807, 2.05) is 13.8 Å². The van der Waals surface area contributed by atoms with Crippen LogP contribution in [-0.4, -0.2) is 50.5 Å². The van der Waals surface area contributed by atoms with Crippen LogP contribution in [0.25, 0.3) is 0 Å². The number of carbonyl (C=O) groups is 2. The molecule has 0 saturated heterocycles. The van der Waals surface area contributed by atoms with Crippen molar-refractivity contribution >= 4 is 66.7 Å². The summed E-state index contributed by atoms with van der Waals surface area (Å²) in [7, 11) is -3.79. The van der Waals surface area contributed by atoms with Gasteiger partial charge in [-0.3, -0.25) is 13.9 Å². The number of hydrogen-bond donors (Lipinski definition) is 1. The van der Waals surface area contributed by atoms with Crippen LogP contribution in [0.4, 0.5) is 5.69 Å². The molecule has 186 valence electrons. The summed E-state index contributed by atoms with van der Waals surface area (Å²) in [6.45, 7) is 5.49. The normalized spacial score (nSPS) is 12.4. The van der Waals surface area contributed by atoms with Crippen LogP contribution in [0.2, 0.25) is 10.0 Å². The molecule has 1 N–H and O–H groups in total. The zero-order chi connectivity index (χ0) is 25.6. The van der Waals surface area contributed by atoms with Crippen molar-refractivity contribution in [3.63, 3.8) is 0 Å². The number of anilines is 1. The van der Waals surface area contributed by atoms with Gasteiger partial charge in [0.2, 0.25) is 21.8 Å². The van der Waals surface area contributed by atoms with Gasteiger partial charge in [-0.05, 0) is 54.8 Å². The predicted octanol–water partition coefficient (Wildman–Crippen LogP) is 4.71. The average Bonchev–Trinajstić information content (AvgIpc) is 2.74. The Morgan fingerprint density at radius 3 is 2.21 bits per heavy atom. The zero-order valence-electron chi connectivity index (χ0n) is 19.4. The van der Waals surface area contributed by atoms with Gasteiger partial charge in [-0.1, -0.05) is 59.0 Å². The van der Waals surface area contributed by atoms with E-state index in [2.05, 4.69) is 21.2 Å². The first-order valence-corrected chi connectivity index (χ1v) is 13.9. The average molecular weight is 593 g/mol. The van der Waals surface area contributed by atoms with Gasteiger partial charge in [0, 0.05) is 27.6 Å². The Kier molecular flexibility index (Phi) is 10.2. The molecule has 2 rings (SSSR count). The van der Waals surface area contributed by atoms with Crippen LogP contribution >= 0.6 is 39.1 Å². The molecule has 0 aliphatic carbocycles. The number of carbonyl (C=O) groups excluding carboxylic acids is 2. The smallest absolute Gasteiger partial charge is 0.244 e. The molecular weight excluding hydrogens is 565 g/mol. The maximum absolute atomic E-state index is 13.5. The van der Waals surface area contributed by atoms with E-state index < -0.39 is 28.5 Å². The van der Waals surface area contributed by atoms with Crippen molar-refractivity contribution in [2.45, 2.75) is 33.4 Å². The third kappa shape index (κ3) is 8.15. The number of sulfonamides is 1. The second kappa shape index (κ2) is 12.2. The number of nitrogens with zero attached hydrogens (tertiary/aromatic N) is 2. The quantitative estimate of drug-likeness (QED) is 0.433. The minimum absolute atomic E-state index is 0.00302. The lowest BCUT2D eigenvalue weighted by Gasteiger charge is -2.32. The van der Waals surface area contributed by atoms with E-state index in [4.69, 9.17) is 23.2 Å². The van der Waals surface area contributed by atoms with Crippen LogP contribution in [0.15, 0.2) is 46.9 Å². The molecule has 0 radical (unpaired) electrons. The number of hydrogen-bond acceptors (Lipinski definition) is 4. The highest BCUT2D eigenvalue weighted by Gasteiger charge is 2.30. The number of amides is 2. The molecule has 0 saturated carbocycles. The van der Waals surface area contributed by atoms with Crippen molar-refractivity contribution in [3.8, 4) is 0 Å². The van der Waals surface area contributed by atoms with Crippen LogP contribution in [0.1, 0.15) is 26.3 Å². The summed E-state index contributed by atoms with van der Waals surface area (Å²) in [6, 6.07) is 10.6. The molecular formula is C23H28BrCl2N3O4S. The summed E-state index contributed by atoms with van der Waals surface area (Å²) >= 11 is 15.6. The molecule has 0 bridgehead atoms. The number of halogens is 3. The molecule has 34 heavy (non-hydrogen) atoms. The van der Waals surface area contributed by atoms with Gasteiger partial charge in [-0.25, -0.2) is 8.42 Å². The molecule has 0 fully saturated rings. The Balaban J connectivity index is 2.39. The predicted molar refractivity (Wildman–Crippen MR) is 141 cm³/mol. The van der Waals surface area contributed by atoms with Crippen molar-refractivity contribution in [1.29, 1.82) is 0 Å². The fourth-order valence-corrected chi connectivity index (χ4v) is 4.67. The third-order valence-corrected chi connectivity index (χ3v) is 7.26. The molecule has 0 heterocycles. The van der Waals surface area contributed by atoms with E-state index in [9.17, 15) is 18.0 Å². The van der Waals surface area contributed by atoms with Crippen molar-refractivity contribution < 1.29 is 18.0 Å². The Hall–Kier alpha value is -1.81. The highest BCUT2D eigenvalue weighted by atomic mass is 79.9. The fourth-order valence-electron chi connectivity index (χ4n) is 3.09. The van der Waals surface area contributed by atoms with Crippen molar-refractivity contribution in [1.82, 2.24) is 10.2 Å². The second-order valence-electron chi connectivity index (χ2n) is 8.32. The highest BCUT2D eigenvalue weighted by Crippen LogP contribution is 2.25. The summed E-state index contributed by atoms with van der Waals surface area (Å²) in [4.78, 5) is 27.6.